The highest BCUT2D eigenvalue weighted by Gasteiger charge is 2.32. The topological polar surface area (TPSA) is 87.5 Å². The number of carbonyl (C=O) groups is 2. The van der Waals surface area contributed by atoms with Crippen molar-refractivity contribution < 1.29 is 22.8 Å². The molecule has 1 aliphatic rings. The van der Waals surface area contributed by atoms with Gasteiger partial charge in [0.2, 0.25) is 11.8 Å². The van der Waals surface area contributed by atoms with Gasteiger partial charge in [-0.25, -0.2) is 0 Å². The van der Waals surface area contributed by atoms with Crippen LogP contribution in [0.5, 0.6) is 0 Å². The first-order valence-corrected chi connectivity index (χ1v) is 11.4. The number of halogens is 3. The molecule has 0 aromatic heterocycles. The normalized spacial score (nSPS) is 14.8. The van der Waals surface area contributed by atoms with E-state index in [2.05, 4.69) is 10.6 Å². The van der Waals surface area contributed by atoms with Crippen LogP contribution in [0.4, 0.5) is 30.2 Å². The lowest BCUT2D eigenvalue weighted by Gasteiger charge is -2.37. The minimum Gasteiger partial charge on any atom is -0.397 e. The SMILES string of the molecule is Nc1ccccc1NC(=O)C=Cc1ccc(C(C(=O)Nc2ccc(C(F)(F)F)cc2)N2CCC2)cc1. The van der Waals surface area contributed by atoms with Crippen LogP contribution in [-0.4, -0.2) is 29.8 Å². The summed E-state index contributed by atoms with van der Waals surface area (Å²) < 4.78 is 38.4. The highest BCUT2D eigenvalue weighted by atomic mass is 19.4. The van der Waals surface area contributed by atoms with E-state index in [0.29, 0.717) is 17.1 Å². The van der Waals surface area contributed by atoms with E-state index in [-0.39, 0.29) is 11.8 Å². The molecular formula is C27H25F3N4O2. The summed E-state index contributed by atoms with van der Waals surface area (Å²) in [5, 5.41) is 5.44. The van der Waals surface area contributed by atoms with Crippen LogP contribution in [0.15, 0.2) is 78.9 Å². The zero-order valence-corrected chi connectivity index (χ0v) is 19.3. The van der Waals surface area contributed by atoms with Crippen LogP contribution in [0.3, 0.4) is 0 Å². The summed E-state index contributed by atoms with van der Waals surface area (Å²) in [6, 6.07) is 18.0. The molecule has 1 heterocycles. The first kappa shape index (κ1) is 25.0. The molecule has 3 aromatic carbocycles. The van der Waals surface area contributed by atoms with Crippen molar-refractivity contribution in [3.63, 3.8) is 0 Å². The fourth-order valence-electron chi connectivity index (χ4n) is 3.83. The molecule has 6 nitrogen and oxygen atoms in total. The molecule has 2 amide bonds. The number of nitrogens with zero attached hydrogens (tertiary/aromatic N) is 1. The molecule has 0 spiro atoms. The van der Waals surface area contributed by atoms with E-state index in [1.54, 1.807) is 42.5 Å². The zero-order valence-electron chi connectivity index (χ0n) is 19.3. The van der Waals surface area contributed by atoms with Crippen molar-refractivity contribution in [2.24, 2.45) is 0 Å². The van der Waals surface area contributed by atoms with Gasteiger partial charge in [0.15, 0.2) is 0 Å². The Balaban J connectivity index is 1.43. The summed E-state index contributed by atoms with van der Waals surface area (Å²) in [7, 11) is 0. The van der Waals surface area contributed by atoms with Crippen LogP contribution < -0.4 is 16.4 Å². The standard InChI is InChI=1S/C27H25F3N4O2/c28-27(29,30)20-11-13-21(14-12-20)32-26(36)25(34-16-3-17-34)19-9-6-18(7-10-19)8-15-24(35)33-23-5-2-1-4-22(23)31/h1-2,4-15,25H,3,16-17,31H2,(H,32,36)(H,33,35). The quantitative estimate of drug-likeness (QED) is 0.306. The van der Waals surface area contributed by atoms with E-state index >= 15 is 0 Å². The zero-order chi connectivity index (χ0) is 25.7. The molecule has 0 radical (unpaired) electrons. The third kappa shape index (κ3) is 6.11. The second-order valence-corrected chi connectivity index (χ2v) is 8.43. The smallest absolute Gasteiger partial charge is 0.397 e. The van der Waals surface area contributed by atoms with Crippen LogP contribution in [-0.2, 0) is 15.8 Å². The number of carbonyl (C=O) groups excluding carboxylic acids is 2. The van der Waals surface area contributed by atoms with Crippen LogP contribution in [0.25, 0.3) is 6.08 Å². The lowest BCUT2D eigenvalue weighted by Crippen LogP contribution is -2.45. The molecule has 1 fully saturated rings. The molecular weight excluding hydrogens is 469 g/mol. The molecule has 186 valence electrons. The van der Waals surface area contributed by atoms with E-state index in [0.717, 1.165) is 42.8 Å². The largest absolute Gasteiger partial charge is 0.416 e. The lowest BCUT2D eigenvalue weighted by atomic mass is 9.99. The molecule has 0 bridgehead atoms. The van der Waals surface area contributed by atoms with E-state index in [1.807, 2.05) is 17.0 Å². The Morgan fingerprint density at radius 1 is 0.917 bits per heavy atom. The maximum Gasteiger partial charge on any atom is 0.416 e. The number of benzene rings is 3. The van der Waals surface area contributed by atoms with Crippen LogP contribution in [0.1, 0.15) is 29.2 Å². The van der Waals surface area contributed by atoms with E-state index in [9.17, 15) is 22.8 Å². The van der Waals surface area contributed by atoms with Crippen LogP contribution >= 0.6 is 0 Å². The van der Waals surface area contributed by atoms with E-state index in [1.165, 1.54) is 18.2 Å². The average molecular weight is 495 g/mol. The average Bonchev–Trinajstić information content (AvgIpc) is 2.81. The minimum atomic E-state index is -4.44. The summed E-state index contributed by atoms with van der Waals surface area (Å²) >= 11 is 0. The highest BCUT2D eigenvalue weighted by molar-refractivity contribution is 6.03. The fraction of sp³-hybridized carbons (Fsp3) is 0.185. The third-order valence-corrected chi connectivity index (χ3v) is 5.88. The molecule has 1 unspecified atom stereocenters. The van der Waals surface area contributed by atoms with E-state index in [4.69, 9.17) is 5.73 Å². The summed E-state index contributed by atoms with van der Waals surface area (Å²) in [6.45, 7) is 1.49. The van der Waals surface area contributed by atoms with Crippen molar-refractivity contribution in [3.05, 3.63) is 95.6 Å². The molecule has 9 heteroatoms. The number of rotatable bonds is 7. The first-order chi connectivity index (χ1) is 17.2. The lowest BCUT2D eigenvalue weighted by molar-refractivity contribution is -0.137. The number of amides is 2. The Morgan fingerprint density at radius 3 is 2.17 bits per heavy atom. The van der Waals surface area contributed by atoms with Gasteiger partial charge < -0.3 is 16.4 Å². The Kier molecular flexibility index (Phi) is 7.40. The Hall–Kier alpha value is -4.11. The number of anilines is 3. The molecule has 36 heavy (non-hydrogen) atoms. The monoisotopic (exact) mass is 494 g/mol. The Morgan fingerprint density at radius 2 is 1.58 bits per heavy atom. The van der Waals surface area contributed by atoms with Crippen molar-refractivity contribution >= 4 is 35.0 Å². The van der Waals surface area contributed by atoms with Crippen molar-refractivity contribution in [1.29, 1.82) is 0 Å². The predicted molar refractivity (Wildman–Crippen MR) is 134 cm³/mol. The maximum absolute atomic E-state index is 13.1. The molecule has 4 N–H and O–H groups in total. The number of para-hydroxylation sites is 2. The van der Waals surface area contributed by atoms with E-state index < -0.39 is 17.8 Å². The molecule has 3 aromatic rings. The molecule has 1 aliphatic heterocycles. The second-order valence-electron chi connectivity index (χ2n) is 8.43. The minimum absolute atomic E-state index is 0.295. The Bertz CT molecular complexity index is 1250. The summed E-state index contributed by atoms with van der Waals surface area (Å²) in [5.41, 5.74) is 7.87. The van der Waals surface area contributed by atoms with Crippen molar-refractivity contribution in [3.8, 4) is 0 Å². The van der Waals surface area contributed by atoms with Gasteiger partial charge >= 0.3 is 6.18 Å². The molecule has 4 rings (SSSR count). The second kappa shape index (κ2) is 10.7. The third-order valence-electron chi connectivity index (χ3n) is 5.88. The van der Waals surface area contributed by atoms with Crippen molar-refractivity contribution in [2.45, 2.75) is 18.6 Å². The van der Waals surface area contributed by atoms with Gasteiger partial charge in [0.25, 0.3) is 0 Å². The number of nitrogens with one attached hydrogen (secondary N) is 2. The summed E-state index contributed by atoms with van der Waals surface area (Å²) in [6.07, 6.45) is -0.425. The van der Waals surface area contributed by atoms with Crippen molar-refractivity contribution in [2.75, 3.05) is 29.5 Å². The van der Waals surface area contributed by atoms with Gasteiger partial charge in [0.05, 0.1) is 16.9 Å². The van der Waals surface area contributed by atoms with Crippen molar-refractivity contribution in [1.82, 2.24) is 4.90 Å². The molecule has 0 saturated carbocycles. The summed E-state index contributed by atoms with van der Waals surface area (Å²) in [5.74, 6) is -0.649. The molecule has 0 aliphatic carbocycles. The Labute approximate surface area is 206 Å². The number of hydrogen-bond acceptors (Lipinski definition) is 4. The van der Waals surface area contributed by atoms with Crippen LogP contribution in [0, 0.1) is 0 Å². The predicted octanol–water partition coefficient (Wildman–Crippen LogP) is 5.33. The van der Waals surface area contributed by atoms with Gasteiger partial charge in [0.1, 0.15) is 6.04 Å². The van der Waals surface area contributed by atoms with Gasteiger partial charge in [0, 0.05) is 24.9 Å². The van der Waals surface area contributed by atoms with Gasteiger partial charge in [-0.15, -0.1) is 0 Å². The first-order valence-electron chi connectivity index (χ1n) is 11.4. The number of hydrogen-bond donors (Lipinski definition) is 3. The number of nitrogen functional groups attached to an aromatic ring is 1. The molecule has 1 atom stereocenters. The van der Waals surface area contributed by atoms with Crippen LogP contribution in [0.2, 0.25) is 0 Å². The van der Waals surface area contributed by atoms with Gasteiger partial charge in [-0.05, 0) is 60.0 Å². The van der Waals surface area contributed by atoms with Gasteiger partial charge in [-0.3, -0.25) is 14.5 Å². The highest BCUT2D eigenvalue weighted by Crippen LogP contribution is 2.31. The maximum atomic E-state index is 13.1. The van der Waals surface area contributed by atoms with Gasteiger partial charge in [-0.1, -0.05) is 36.4 Å². The fourth-order valence-corrected chi connectivity index (χ4v) is 3.83. The number of likely N-dealkylation sites (tertiary alicyclic amines) is 1. The molecule has 1 saturated heterocycles. The number of alkyl halides is 3. The van der Waals surface area contributed by atoms with Gasteiger partial charge in [-0.2, -0.15) is 13.2 Å². The number of nitrogens with two attached hydrogens (primary N) is 1. The summed E-state index contributed by atoms with van der Waals surface area (Å²) in [4.78, 5) is 27.3.